The van der Waals surface area contributed by atoms with Crippen LogP contribution in [0.25, 0.3) is 0 Å². The van der Waals surface area contributed by atoms with E-state index >= 15 is 0 Å². The van der Waals surface area contributed by atoms with Gasteiger partial charge in [-0.05, 0) is 83.5 Å². The number of esters is 3. The Kier molecular flexibility index (Phi) is 50.0. The summed E-state index contributed by atoms with van der Waals surface area (Å²) in [5.41, 5.74) is 0. The molecule has 0 aromatic carbocycles. The van der Waals surface area contributed by atoms with Crippen LogP contribution in [0, 0.1) is 0 Å². The number of allylic oxidation sites excluding steroid dienone is 16. The van der Waals surface area contributed by atoms with Gasteiger partial charge in [0.2, 0.25) is 0 Å². The molecule has 6 heteroatoms. The van der Waals surface area contributed by atoms with E-state index in [4.69, 9.17) is 14.2 Å². The first kappa shape index (κ1) is 61.3. The molecule has 0 aromatic heterocycles. The first-order valence-corrected chi connectivity index (χ1v) is 26.7. The van der Waals surface area contributed by atoms with E-state index in [1.807, 2.05) is 12.2 Å². The summed E-state index contributed by atoms with van der Waals surface area (Å²) in [6.45, 7) is 6.32. The summed E-state index contributed by atoms with van der Waals surface area (Å²) in [6, 6.07) is 0. The minimum atomic E-state index is -0.831. The average molecular weight is 903 g/mol. The molecule has 0 rings (SSSR count). The van der Waals surface area contributed by atoms with E-state index in [-0.39, 0.29) is 31.6 Å². The Morgan fingerprint density at radius 3 is 1.00 bits per heavy atom. The van der Waals surface area contributed by atoms with Crippen molar-refractivity contribution in [3.05, 3.63) is 97.2 Å². The van der Waals surface area contributed by atoms with Crippen LogP contribution in [-0.4, -0.2) is 37.2 Å². The van der Waals surface area contributed by atoms with E-state index in [1.165, 1.54) is 103 Å². The van der Waals surface area contributed by atoms with Crippen LogP contribution in [-0.2, 0) is 28.6 Å². The summed E-state index contributed by atoms with van der Waals surface area (Å²) in [5, 5.41) is 0. The number of carbonyl (C=O) groups excluding carboxylic acids is 3. The highest BCUT2D eigenvalue weighted by atomic mass is 16.6. The van der Waals surface area contributed by atoms with E-state index in [2.05, 4.69) is 106 Å². The molecule has 0 aromatic rings. The summed E-state index contributed by atoms with van der Waals surface area (Å²) < 4.78 is 16.7. The van der Waals surface area contributed by atoms with Crippen molar-refractivity contribution < 1.29 is 28.6 Å². The third-order valence-corrected chi connectivity index (χ3v) is 11.1. The minimum absolute atomic E-state index is 0.118. The van der Waals surface area contributed by atoms with Gasteiger partial charge in [0, 0.05) is 19.3 Å². The largest absolute Gasteiger partial charge is 0.462 e. The van der Waals surface area contributed by atoms with E-state index < -0.39 is 12.1 Å². The molecule has 0 amide bonds. The molecule has 1 atom stereocenters. The number of rotatable bonds is 47. The van der Waals surface area contributed by atoms with Crippen molar-refractivity contribution in [3.8, 4) is 0 Å². The fourth-order valence-electron chi connectivity index (χ4n) is 7.15. The molecule has 0 fully saturated rings. The lowest BCUT2D eigenvalue weighted by atomic mass is 10.0. The molecule has 0 heterocycles. The smallest absolute Gasteiger partial charge is 0.306 e. The van der Waals surface area contributed by atoms with Crippen molar-refractivity contribution >= 4 is 17.9 Å². The molecule has 0 saturated heterocycles. The molecule has 1 unspecified atom stereocenters. The van der Waals surface area contributed by atoms with Crippen LogP contribution >= 0.6 is 0 Å². The molecular weight excluding hydrogens is 805 g/mol. The highest BCUT2D eigenvalue weighted by Crippen LogP contribution is 2.15. The maximum absolute atomic E-state index is 12.8. The van der Waals surface area contributed by atoms with Crippen LogP contribution in [0.15, 0.2) is 97.2 Å². The lowest BCUT2D eigenvalue weighted by Gasteiger charge is -2.18. The van der Waals surface area contributed by atoms with E-state index in [0.717, 1.165) is 83.5 Å². The molecule has 0 aliphatic rings. The van der Waals surface area contributed by atoms with Gasteiger partial charge < -0.3 is 14.2 Å². The third kappa shape index (κ3) is 51.2. The molecule has 0 bridgehead atoms. The van der Waals surface area contributed by atoms with Crippen molar-refractivity contribution in [1.82, 2.24) is 0 Å². The Balaban J connectivity index is 4.47. The van der Waals surface area contributed by atoms with Gasteiger partial charge in [-0.15, -0.1) is 0 Å². The number of ether oxygens (including phenoxy) is 3. The van der Waals surface area contributed by atoms with Crippen molar-refractivity contribution in [2.45, 2.75) is 245 Å². The summed E-state index contributed by atoms with van der Waals surface area (Å²) in [4.78, 5) is 38.0. The van der Waals surface area contributed by atoms with Gasteiger partial charge in [0.05, 0.1) is 0 Å². The van der Waals surface area contributed by atoms with Crippen LogP contribution < -0.4 is 0 Å². The normalized spacial score (nSPS) is 12.8. The molecule has 65 heavy (non-hydrogen) atoms. The van der Waals surface area contributed by atoms with Gasteiger partial charge in [-0.3, -0.25) is 14.4 Å². The Morgan fingerprint density at radius 2 is 0.631 bits per heavy atom. The van der Waals surface area contributed by atoms with Gasteiger partial charge in [-0.1, -0.05) is 234 Å². The zero-order chi connectivity index (χ0) is 47.2. The van der Waals surface area contributed by atoms with E-state index in [1.54, 1.807) is 0 Å². The number of hydrogen-bond donors (Lipinski definition) is 0. The van der Waals surface area contributed by atoms with Crippen LogP contribution in [0.5, 0.6) is 0 Å². The SMILES string of the molecule is CC/C=C\C/C=C\C/C=C\C/C=C\C/C=C\CCC(=O)OC(COC(=O)CCCC/C=C\C/C=C\C/C=C\CC)COC(=O)CCCCCCCCCCCCCCCCCCCCC. The van der Waals surface area contributed by atoms with Gasteiger partial charge >= 0.3 is 17.9 Å². The topological polar surface area (TPSA) is 78.9 Å². The van der Waals surface area contributed by atoms with Crippen LogP contribution in [0.3, 0.4) is 0 Å². The van der Waals surface area contributed by atoms with E-state index in [9.17, 15) is 14.4 Å². The lowest BCUT2D eigenvalue weighted by Crippen LogP contribution is -2.30. The second-order valence-electron chi connectivity index (χ2n) is 17.4. The highest BCUT2D eigenvalue weighted by Gasteiger charge is 2.19. The Bertz CT molecular complexity index is 1310. The Labute approximate surface area is 400 Å². The molecule has 0 saturated carbocycles. The Morgan fingerprint density at radius 1 is 0.323 bits per heavy atom. The maximum Gasteiger partial charge on any atom is 0.306 e. The number of hydrogen-bond acceptors (Lipinski definition) is 6. The van der Waals surface area contributed by atoms with Crippen LogP contribution in [0.2, 0.25) is 0 Å². The third-order valence-electron chi connectivity index (χ3n) is 11.1. The van der Waals surface area contributed by atoms with Crippen molar-refractivity contribution in [2.75, 3.05) is 13.2 Å². The van der Waals surface area contributed by atoms with E-state index in [0.29, 0.717) is 25.7 Å². The van der Waals surface area contributed by atoms with Gasteiger partial charge in [0.25, 0.3) is 0 Å². The molecular formula is C59H98O6. The maximum atomic E-state index is 12.8. The molecule has 0 aliphatic carbocycles. The van der Waals surface area contributed by atoms with Crippen LogP contribution in [0.4, 0.5) is 0 Å². The summed E-state index contributed by atoms with van der Waals surface area (Å²) in [5.74, 6) is -1.04. The summed E-state index contributed by atoms with van der Waals surface area (Å²) in [6.07, 6.45) is 69.9. The van der Waals surface area contributed by atoms with Crippen LogP contribution in [0.1, 0.15) is 239 Å². The quantitative estimate of drug-likeness (QED) is 0.0262. The fraction of sp³-hybridized carbons (Fsp3) is 0.678. The standard InChI is InChI=1S/C59H98O6/c1-4-7-10-13-16-19-22-25-27-29-30-31-33-34-37-40-43-46-49-52-58(61)64-55-56(54-63-57(60)51-48-45-42-39-36-24-21-18-15-12-9-6-3)65-59(62)53-50-47-44-41-38-35-32-28-26-23-20-17-14-11-8-5-2/h8-9,11-12,17-18,20-21,26,28,35-36,38-39,44,47,56H,4-7,10,13-16,19,22-25,27,29-34,37,40-43,45-46,48-55H2,1-3H3/b11-8-,12-9-,20-17-,21-18-,28-26-,38-35-,39-36-,47-44-. The number of carbonyl (C=O) groups is 3. The van der Waals surface area contributed by atoms with Gasteiger partial charge in [0.15, 0.2) is 6.10 Å². The average Bonchev–Trinajstić information content (AvgIpc) is 3.30. The molecule has 0 aliphatic heterocycles. The van der Waals surface area contributed by atoms with Crippen molar-refractivity contribution in [3.63, 3.8) is 0 Å². The fourth-order valence-corrected chi connectivity index (χ4v) is 7.15. The first-order chi connectivity index (χ1) is 32.0. The Hall–Kier alpha value is -3.67. The second kappa shape index (κ2) is 52.9. The van der Waals surface area contributed by atoms with Gasteiger partial charge in [-0.25, -0.2) is 0 Å². The molecule has 0 N–H and O–H groups in total. The molecule has 6 nitrogen and oxygen atoms in total. The van der Waals surface area contributed by atoms with Crippen molar-refractivity contribution in [2.24, 2.45) is 0 Å². The molecule has 0 radical (unpaired) electrons. The predicted octanol–water partition coefficient (Wildman–Crippen LogP) is 17.8. The molecule has 370 valence electrons. The first-order valence-electron chi connectivity index (χ1n) is 26.7. The summed E-state index contributed by atoms with van der Waals surface area (Å²) >= 11 is 0. The number of unbranched alkanes of at least 4 members (excludes halogenated alkanes) is 20. The molecule has 0 spiro atoms. The van der Waals surface area contributed by atoms with Gasteiger partial charge in [-0.2, -0.15) is 0 Å². The zero-order valence-electron chi connectivity index (χ0n) is 42.2. The zero-order valence-corrected chi connectivity index (χ0v) is 42.2. The lowest BCUT2D eigenvalue weighted by molar-refractivity contribution is -0.166. The van der Waals surface area contributed by atoms with Gasteiger partial charge in [0.1, 0.15) is 13.2 Å². The van der Waals surface area contributed by atoms with Crippen molar-refractivity contribution in [1.29, 1.82) is 0 Å². The summed E-state index contributed by atoms with van der Waals surface area (Å²) in [7, 11) is 0. The highest BCUT2D eigenvalue weighted by molar-refractivity contribution is 5.71. The predicted molar refractivity (Wildman–Crippen MR) is 279 cm³/mol. The second-order valence-corrected chi connectivity index (χ2v) is 17.4. The minimum Gasteiger partial charge on any atom is -0.462 e. The monoisotopic (exact) mass is 903 g/mol.